The summed E-state index contributed by atoms with van der Waals surface area (Å²) >= 11 is 9.13. The molecule has 0 fully saturated rings. The van der Waals surface area contributed by atoms with Crippen LogP contribution in [-0.4, -0.2) is 11.5 Å². The zero-order chi connectivity index (χ0) is 10.7. The molecule has 0 aromatic carbocycles. The van der Waals surface area contributed by atoms with Crippen molar-refractivity contribution >= 4 is 34.3 Å². The Labute approximate surface area is 102 Å². The number of nitrogens with zero attached hydrogens (tertiary/aromatic N) is 1. The van der Waals surface area contributed by atoms with Crippen LogP contribution in [0.25, 0.3) is 10.6 Å². The molecule has 0 amide bonds. The average molecular weight is 259 g/mol. The monoisotopic (exact) mass is 258 g/mol. The second-order valence-corrected chi connectivity index (χ2v) is 5.67. The maximum Gasteiger partial charge on any atom is 0.107 e. The lowest BCUT2D eigenvalue weighted by Crippen LogP contribution is -2.11. The number of hydrogen-bond acceptors (Lipinski definition) is 4. The smallest absolute Gasteiger partial charge is 0.107 e. The molecule has 0 atom stereocenters. The Bertz CT molecular complexity index is 436. The molecular formula is C10H11ClN2S2. The number of rotatable bonds is 4. The number of hydrogen-bond donors (Lipinski definition) is 1. The molecule has 1 N–H and O–H groups in total. The second kappa shape index (κ2) is 5.07. The van der Waals surface area contributed by atoms with Crippen molar-refractivity contribution < 1.29 is 0 Å². The zero-order valence-electron chi connectivity index (χ0n) is 8.29. The molecule has 0 radical (unpaired) electrons. The van der Waals surface area contributed by atoms with Crippen LogP contribution in [0.3, 0.4) is 0 Å². The van der Waals surface area contributed by atoms with Crippen molar-refractivity contribution in [3.8, 4) is 10.6 Å². The molecular weight excluding hydrogens is 248 g/mol. The normalized spacial score (nSPS) is 10.8. The van der Waals surface area contributed by atoms with Gasteiger partial charge in [-0.1, -0.05) is 18.5 Å². The molecule has 80 valence electrons. The Morgan fingerprint density at radius 2 is 2.33 bits per heavy atom. The summed E-state index contributed by atoms with van der Waals surface area (Å²) in [7, 11) is 0. The van der Waals surface area contributed by atoms with Crippen LogP contribution in [0.2, 0.25) is 4.34 Å². The highest BCUT2D eigenvalue weighted by molar-refractivity contribution is 7.19. The van der Waals surface area contributed by atoms with E-state index in [-0.39, 0.29) is 0 Å². The van der Waals surface area contributed by atoms with Crippen LogP contribution in [0.15, 0.2) is 17.5 Å². The van der Waals surface area contributed by atoms with Crippen LogP contribution in [0.5, 0.6) is 0 Å². The van der Waals surface area contributed by atoms with E-state index in [9.17, 15) is 0 Å². The highest BCUT2D eigenvalue weighted by Crippen LogP contribution is 2.31. The summed E-state index contributed by atoms with van der Waals surface area (Å²) in [6.45, 7) is 3.91. The molecule has 2 aromatic heterocycles. The first kappa shape index (κ1) is 11.1. The van der Waals surface area contributed by atoms with E-state index in [1.54, 1.807) is 22.7 Å². The van der Waals surface area contributed by atoms with Gasteiger partial charge in [0.05, 0.1) is 14.9 Å². The minimum atomic E-state index is 0.811. The van der Waals surface area contributed by atoms with E-state index in [0.717, 1.165) is 33.0 Å². The van der Waals surface area contributed by atoms with Crippen LogP contribution < -0.4 is 5.32 Å². The first-order valence-corrected chi connectivity index (χ1v) is 6.78. The predicted octanol–water partition coefficient (Wildman–Crippen LogP) is 3.63. The number of thiophene rings is 1. The minimum absolute atomic E-state index is 0.811. The molecule has 0 aliphatic rings. The summed E-state index contributed by atoms with van der Waals surface area (Å²) in [4.78, 5) is 5.68. The van der Waals surface area contributed by atoms with Gasteiger partial charge in [0.1, 0.15) is 5.01 Å². The van der Waals surface area contributed by atoms with Crippen molar-refractivity contribution in [2.45, 2.75) is 13.5 Å². The maximum atomic E-state index is 5.88. The van der Waals surface area contributed by atoms with Gasteiger partial charge >= 0.3 is 0 Å². The topological polar surface area (TPSA) is 24.9 Å². The third-order valence-corrected chi connectivity index (χ3v) is 4.01. The summed E-state index contributed by atoms with van der Waals surface area (Å²) < 4.78 is 0.811. The second-order valence-electron chi connectivity index (χ2n) is 3.01. The first-order valence-electron chi connectivity index (χ1n) is 4.70. The summed E-state index contributed by atoms with van der Waals surface area (Å²) in [5.41, 5.74) is 1.03. The van der Waals surface area contributed by atoms with Gasteiger partial charge in [-0.25, -0.2) is 4.98 Å². The fourth-order valence-electron chi connectivity index (χ4n) is 1.19. The van der Waals surface area contributed by atoms with Crippen molar-refractivity contribution in [1.29, 1.82) is 0 Å². The number of aromatic nitrogens is 1. The Balaban J connectivity index is 2.13. The van der Waals surface area contributed by atoms with E-state index >= 15 is 0 Å². The lowest BCUT2D eigenvalue weighted by atomic mass is 10.4. The largest absolute Gasteiger partial charge is 0.311 e. The Morgan fingerprint density at radius 3 is 3.00 bits per heavy atom. The molecule has 15 heavy (non-hydrogen) atoms. The van der Waals surface area contributed by atoms with Crippen LogP contribution in [0.1, 0.15) is 11.9 Å². The molecule has 2 aromatic rings. The van der Waals surface area contributed by atoms with E-state index in [2.05, 4.69) is 22.6 Å². The van der Waals surface area contributed by atoms with E-state index in [0.29, 0.717) is 0 Å². The molecule has 2 rings (SSSR count). The fraction of sp³-hybridized carbons (Fsp3) is 0.300. The molecule has 0 aliphatic heterocycles. The highest BCUT2D eigenvalue weighted by Gasteiger charge is 2.06. The molecule has 0 unspecified atom stereocenters. The van der Waals surface area contributed by atoms with Crippen molar-refractivity contribution in [2.24, 2.45) is 0 Å². The average Bonchev–Trinajstić information content (AvgIpc) is 2.83. The van der Waals surface area contributed by atoms with Crippen LogP contribution in [0.4, 0.5) is 0 Å². The van der Waals surface area contributed by atoms with Gasteiger partial charge in [-0.15, -0.1) is 22.7 Å². The maximum absolute atomic E-state index is 5.88. The van der Waals surface area contributed by atoms with Gasteiger partial charge in [-0.3, -0.25) is 0 Å². The molecule has 5 heteroatoms. The van der Waals surface area contributed by atoms with Crippen LogP contribution >= 0.6 is 34.3 Å². The van der Waals surface area contributed by atoms with Crippen LogP contribution in [-0.2, 0) is 6.54 Å². The molecule has 0 bridgehead atoms. The molecule has 0 saturated heterocycles. The van der Waals surface area contributed by atoms with Gasteiger partial charge in [0.2, 0.25) is 0 Å². The predicted molar refractivity (Wildman–Crippen MR) is 67.8 cm³/mol. The summed E-state index contributed by atoms with van der Waals surface area (Å²) in [5.74, 6) is 0. The SMILES string of the molecule is CCNCc1nc(-c2ccc(Cl)s2)cs1. The van der Waals surface area contributed by atoms with Gasteiger partial charge in [0.15, 0.2) is 0 Å². The van der Waals surface area contributed by atoms with E-state index in [4.69, 9.17) is 11.6 Å². The fourth-order valence-corrected chi connectivity index (χ4v) is 3.03. The quantitative estimate of drug-likeness (QED) is 0.906. The minimum Gasteiger partial charge on any atom is -0.311 e. The standard InChI is InChI=1S/C10H11ClN2S2/c1-2-12-5-10-13-7(6-14-10)8-3-4-9(11)15-8/h3-4,6,12H,2,5H2,1H3. The van der Waals surface area contributed by atoms with Crippen molar-refractivity contribution in [2.75, 3.05) is 6.54 Å². The first-order chi connectivity index (χ1) is 7.29. The summed E-state index contributed by atoms with van der Waals surface area (Å²) in [6, 6.07) is 3.92. The van der Waals surface area contributed by atoms with Gasteiger partial charge in [-0.2, -0.15) is 0 Å². The van der Waals surface area contributed by atoms with Gasteiger partial charge in [0, 0.05) is 11.9 Å². The molecule has 2 heterocycles. The van der Waals surface area contributed by atoms with Crippen LogP contribution in [0, 0.1) is 0 Å². The molecule has 2 nitrogen and oxygen atoms in total. The lowest BCUT2D eigenvalue weighted by molar-refractivity contribution is 0.723. The zero-order valence-corrected chi connectivity index (χ0v) is 10.7. The highest BCUT2D eigenvalue weighted by atomic mass is 35.5. The third-order valence-electron chi connectivity index (χ3n) is 1.90. The van der Waals surface area contributed by atoms with Crippen molar-refractivity contribution in [3.63, 3.8) is 0 Å². The summed E-state index contributed by atoms with van der Waals surface area (Å²) in [6.07, 6.45) is 0. The van der Waals surface area contributed by atoms with Crippen molar-refractivity contribution in [3.05, 3.63) is 26.9 Å². The Hall–Kier alpha value is -0.420. The summed E-state index contributed by atoms with van der Waals surface area (Å²) in [5, 5.41) is 6.46. The Morgan fingerprint density at radius 1 is 1.47 bits per heavy atom. The van der Waals surface area contributed by atoms with E-state index in [1.807, 2.05) is 12.1 Å². The van der Waals surface area contributed by atoms with Gasteiger partial charge in [-0.05, 0) is 18.7 Å². The van der Waals surface area contributed by atoms with Gasteiger partial charge < -0.3 is 5.32 Å². The number of halogens is 1. The van der Waals surface area contributed by atoms with E-state index in [1.165, 1.54) is 0 Å². The van der Waals surface area contributed by atoms with E-state index < -0.39 is 0 Å². The number of nitrogens with one attached hydrogen (secondary N) is 1. The molecule has 0 aliphatic carbocycles. The van der Waals surface area contributed by atoms with Gasteiger partial charge in [0.25, 0.3) is 0 Å². The molecule has 0 spiro atoms. The Kier molecular flexibility index (Phi) is 3.75. The third kappa shape index (κ3) is 2.78. The number of thiazole rings is 1. The molecule has 0 saturated carbocycles. The lowest BCUT2D eigenvalue weighted by Gasteiger charge is -1.94. The van der Waals surface area contributed by atoms with Crippen molar-refractivity contribution in [1.82, 2.24) is 10.3 Å².